The zero-order valence-electron chi connectivity index (χ0n) is 19.7. The molecule has 2 atom stereocenters. The molecule has 2 aliphatic heterocycles. The lowest BCUT2D eigenvalue weighted by molar-refractivity contribution is 0.00884. The molecule has 0 spiro atoms. The number of fused-ring (bicyclic) bond motifs is 1. The number of anilines is 3. The van der Waals surface area contributed by atoms with Crippen molar-refractivity contribution >= 4 is 39.6 Å². The van der Waals surface area contributed by atoms with Gasteiger partial charge in [-0.2, -0.15) is 5.10 Å². The van der Waals surface area contributed by atoms with E-state index in [0.717, 1.165) is 64.9 Å². The number of halogens is 1. The standard InChI is InChI=1S/C25H31ClN6O2/c1-16-21(13-28-32(16)19-3-4-19)29-24-11-17-10-22(20(26)9-18(17)12-27-24)30-5-7-31(8-6-30)25(2)15-34-14-23(25)33/h9-13,19,23,33H,3-8,14-15H2,1-2H3,(H,27,29). The average molecular weight is 483 g/mol. The molecular weight excluding hydrogens is 452 g/mol. The summed E-state index contributed by atoms with van der Waals surface area (Å²) in [5.74, 6) is 0.798. The van der Waals surface area contributed by atoms with Crippen LogP contribution >= 0.6 is 11.6 Å². The highest BCUT2D eigenvalue weighted by Crippen LogP contribution is 2.37. The van der Waals surface area contributed by atoms with Crippen molar-refractivity contribution in [1.29, 1.82) is 0 Å². The molecule has 2 saturated heterocycles. The second-order valence-electron chi connectivity index (χ2n) is 10.0. The molecule has 8 nitrogen and oxygen atoms in total. The van der Waals surface area contributed by atoms with E-state index >= 15 is 0 Å². The van der Waals surface area contributed by atoms with Crippen LogP contribution < -0.4 is 10.2 Å². The number of aromatic nitrogens is 3. The van der Waals surface area contributed by atoms with Gasteiger partial charge in [0.15, 0.2) is 0 Å². The summed E-state index contributed by atoms with van der Waals surface area (Å²) in [5.41, 5.74) is 2.87. The number of hydrogen-bond acceptors (Lipinski definition) is 7. The molecule has 2 aromatic heterocycles. The lowest BCUT2D eigenvalue weighted by Crippen LogP contribution is -2.60. The highest BCUT2D eigenvalue weighted by molar-refractivity contribution is 6.34. The van der Waals surface area contributed by atoms with Crippen LogP contribution in [-0.4, -0.2) is 75.8 Å². The monoisotopic (exact) mass is 482 g/mol. The van der Waals surface area contributed by atoms with E-state index in [2.05, 4.69) is 55.9 Å². The number of pyridine rings is 1. The predicted molar refractivity (Wildman–Crippen MR) is 134 cm³/mol. The Morgan fingerprint density at radius 2 is 1.91 bits per heavy atom. The van der Waals surface area contributed by atoms with Crippen LogP contribution in [0.4, 0.5) is 17.2 Å². The number of nitrogens with one attached hydrogen (secondary N) is 1. The van der Waals surface area contributed by atoms with Crippen molar-refractivity contribution in [3.05, 3.63) is 41.3 Å². The van der Waals surface area contributed by atoms with Crippen molar-refractivity contribution in [1.82, 2.24) is 19.7 Å². The Balaban J connectivity index is 1.21. The third-order valence-electron chi connectivity index (χ3n) is 7.72. The number of aliphatic hydroxyl groups excluding tert-OH is 1. The Bertz CT molecular complexity index is 1220. The normalized spacial score (nSPS) is 25.9. The molecule has 9 heteroatoms. The van der Waals surface area contributed by atoms with Gasteiger partial charge in [-0.15, -0.1) is 0 Å². The summed E-state index contributed by atoms with van der Waals surface area (Å²) < 4.78 is 7.65. The van der Waals surface area contributed by atoms with Crippen molar-refractivity contribution < 1.29 is 9.84 Å². The van der Waals surface area contributed by atoms with E-state index in [1.54, 1.807) is 0 Å². The lowest BCUT2D eigenvalue weighted by Gasteiger charge is -2.45. The maximum Gasteiger partial charge on any atom is 0.131 e. The SMILES string of the molecule is Cc1c(Nc2cc3cc(N4CCN(C5(C)COCC5O)CC4)c(Cl)cc3cn2)cnn1C1CC1. The summed E-state index contributed by atoms with van der Waals surface area (Å²) >= 11 is 6.71. The van der Waals surface area contributed by atoms with Crippen LogP contribution in [0, 0.1) is 6.92 Å². The van der Waals surface area contributed by atoms with Gasteiger partial charge in [0.05, 0.1) is 59.2 Å². The number of benzene rings is 1. The van der Waals surface area contributed by atoms with Gasteiger partial charge in [0.1, 0.15) is 5.82 Å². The molecule has 34 heavy (non-hydrogen) atoms. The van der Waals surface area contributed by atoms with Gasteiger partial charge in [-0.1, -0.05) is 11.6 Å². The first-order valence-corrected chi connectivity index (χ1v) is 12.5. The first kappa shape index (κ1) is 22.1. The van der Waals surface area contributed by atoms with Gasteiger partial charge in [0, 0.05) is 37.8 Å². The molecule has 3 aliphatic rings. The fourth-order valence-electron chi connectivity index (χ4n) is 5.25. The van der Waals surface area contributed by atoms with E-state index in [1.165, 1.54) is 12.8 Å². The van der Waals surface area contributed by atoms with E-state index in [-0.39, 0.29) is 5.54 Å². The second-order valence-corrected chi connectivity index (χ2v) is 10.4. The van der Waals surface area contributed by atoms with Crippen molar-refractivity contribution in [2.24, 2.45) is 0 Å². The highest BCUT2D eigenvalue weighted by Gasteiger charge is 2.44. The number of aliphatic hydroxyl groups is 1. The smallest absolute Gasteiger partial charge is 0.131 e. The number of piperazine rings is 1. The van der Waals surface area contributed by atoms with Gasteiger partial charge in [0.2, 0.25) is 0 Å². The van der Waals surface area contributed by atoms with Gasteiger partial charge in [-0.05, 0) is 50.3 Å². The van der Waals surface area contributed by atoms with Gasteiger partial charge in [-0.25, -0.2) is 4.98 Å². The van der Waals surface area contributed by atoms with E-state index in [9.17, 15) is 5.11 Å². The van der Waals surface area contributed by atoms with Crippen molar-refractivity contribution in [3.63, 3.8) is 0 Å². The van der Waals surface area contributed by atoms with Crippen LogP contribution in [0.5, 0.6) is 0 Å². The minimum Gasteiger partial charge on any atom is -0.389 e. The molecule has 0 radical (unpaired) electrons. The molecule has 0 bridgehead atoms. The fraction of sp³-hybridized carbons (Fsp3) is 0.520. The van der Waals surface area contributed by atoms with E-state index in [1.807, 2.05) is 18.5 Å². The molecule has 1 aromatic carbocycles. The highest BCUT2D eigenvalue weighted by atomic mass is 35.5. The van der Waals surface area contributed by atoms with Crippen LogP contribution in [0.1, 0.15) is 31.5 Å². The lowest BCUT2D eigenvalue weighted by atomic mass is 9.95. The first-order valence-electron chi connectivity index (χ1n) is 12.1. The van der Waals surface area contributed by atoms with Gasteiger partial charge >= 0.3 is 0 Å². The molecular formula is C25H31ClN6O2. The van der Waals surface area contributed by atoms with Crippen molar-refractivity contribution in [2.45, 2.75) is 44.4 Å². The molecule has 4 heterocycles. The van der Waals surface area contributed by atoms with Crippen LogP contribution in [-0.2, 0) is 4.74 Å². The first-order chi connectivity index (χ1) is 16.4. The van der Waals surface area contributed by atoms with E-state index < -0.39 is 6.10 Å². The number of nitrogens with zero attached hydrogens (tertiary/aromatic N) is 5. The molecule has 1 aliphatic carbocycles. The van der Waals surface area contributed by atoms with E-state index in [4.69, 9.17) is 16.3 Å². The maximum absolute atomic E-state index is 10.4. The molecule has 6 rings (SSSR count). The molecule has 3 fully saturated rings. The van der Waals surface area contributed by atoms with E-state index in [0.29, 0.717) is 19.3 Å². The minimum absolute atomic E-state index is 0.309. The van der Waals surface area contributed by atoms with Crippen LogP contribution in [0.15, 0.2) is 30.6 Å². The maximum atomic E-state index is 10.4. The Hall–Kier alpha value is -2.39. The Morgan fingerprint density at radius 3 is 2.62 bits per heavy atom. The summed E-state index contributed by atoms with van der Waals surface area (Å²) in [6, 6.07) is 6.79. The third kappa shape index (κ3) is 3.82. The number of ether oxygens (including phenoxy) is 1. The fourth-order valence-corrected chi connectivity index (χ4v) is 5.54. The quantitative estimate of drug-likeness (QED) is 0.573. The number of hydrogen-bond donors (Lipinski definition) is 2. The molecule has 3 aromatic rings. The van der Waals surface area contributed by atoms with Gasteiger partial charge in [-0.3, -0.25) is 9.58 Å². The summed E-state index contributed by atoms with van der Waals surface area (Å²) in [5, 5.41) is 21.2. The van der Waals surface area contributed by atoms with Gasteiger partial charge in [0.25, 0.3) is 0 Å². The zero-order valence-corrected chi connectivity index (χ0v) is 20.4. The minimum atomic E-state index is -0.443. The largest absolute Gasteiger partial charge is 0.389 e. The third-order valence-corrected chi connectivity index (χ3v) is 8.02. The van der Waals surface area contributed by atoms with Crippen LogP contribution in [0.3, 0.4) is 0 Å². The zero-order chi connectivity index (χ0) is 23.4. The molecule has 2 N–H and O–H groups in total. The Labute approximate surface area is 204 Å². The Morgan fingerprint density at radius 1 is 1.12 bits per heavy atom. The van der Waals surface area contributed by atoms with Crippen molar-refractivity contribution in [3.8, 4) is 0 Å². The summed E-state index contributed by atoms with van der Waals surface area (Å²) in [6.07, 6.45) is 5.73. The summed E-state index contributed by atoms with van der Waals surface area (Å²) in [7, 11) is 0. The molecule has 2 unspecified atom stereocenters. The number of rotatable bonds is 5. The van der Waals surface area contributed by atoms with Crippen LogP contribution in [0.2, 0.25) is 5.02 Å². The van der Waals surface area contributed by atoms with Crippen LogP contribution in [0.25, 0.3) is 10.8 Å². The molecule has 0 amide bonds. The predicted octanol–water partition coefficient (Wildman–Crippen LogP) is 3.74. The van der Waals surface area contributed by atoms with Crippen molar-refractivity contribution in [2.75, 3.05) is 49.6 Å². The average Bonchev–Trinajstić information content (AvgIpc) is 3.54. The Kier molecular flexibility index (Phi) is 5.44. The molecule has 1 saturated carbocycles. The second kappa shape index (κ2) is 8.37. The van der Waals surface area contributed by atoms with Gasteiger partial charge < -0.3 is 20.1 Å². The topological polar surface area (TPSA) is 78.7 Å². The summed E-state index contributed by atoms with van der Waals surface area (Å²) in [6.45, 7) is 8.61. The summed E-state index contributed by atoms with van der Waals surface area (Å²) in [4.78, 5) is 9.29. The molecule has 180 valence electrons.